The highest BCUT2D eigenvalue weighted by Gasteiger charge is 2.29. The Morgan fingerprint density at radius 3 is 2.50 bits per heavy atom. The predicted molar refractivity (Wildman–Crippen MR) is 57.2 cm³/mol. The summed E-state index contributed by atoms with van der Waals surface area (Å²) in [6.07, 6.45) is 8.59. The van der Waals surface area contributed by atoms with Crippen molar-refractivity contribution in [2.75, 3.05) is 13.6 Å². The van der Waals surface area contributed by atoms with Crippen LogP contribution in [0.3, 0.4) is 0 Å². The van der Waals surface area contributed by atoms with Crippen molar-refractivity contribution < 1.29 is 4.79 Å². The van der Waals surface area contributed by atoms with Gasteiger partial charge in [-0.15, -0.1) is 0 Å². The van der Waals surface area contributed by atoms with Gasteiger partial charge >= 0.3 is 0 Å². The highest BCUT2D eigenvalue weighted by Crippen LogP contribution is 2.27. The van der Waals surface area contributed by atoms with Crippen LogP contribution in [0.15, 0.2) is 0 Å². The lowest BCUT2D eigenvalue weighted by Gasteiger charge is -2.25. The van der Waals surface area contributed by atoms with Crippen LogP contribution < -0.4 is 0 Å². The van der Waals surface area contributed by atoms with Crippen LogP contribution in [0.5, 0.6) is 0 Å². The van der Waals surface area contributed by atoms with Gasteiger partial charge in [0.15, 0.2) is 0 Å². The van der Waals surface area contributed by atoms with Crippen LogP contribution in [0.25, 0.3) is 0 Å². The lowest BCUT2D eigenvalue weighted by molar-refractivity contribution is -0.121. The molecule has 0 radical (unpaired) electrons. The molecule has 0 aliphatic heterocycles. The fraction of sp³-hybridized carbons (Fsp3) is 0.917. The Balaban J connectivity index is 1.81. The molecular formula is C12H21NO. The molecule has 2 nitrogen and oxygen atoms in total. The molecule has 0 heterocycles. The number of carbonyl (C=O) groups excluding carboxylic acids is 1. The number of likely N-dealkylation sites (N-methyl/N-ethyl adjacent to an activating group) is 1. The van der Waals surface area contributed by atoms with Crippen molar-refractivity contribution in [1.82, 2.24) is 4.90 Å². The minimum Gasteiger partial charge on any atom is -0.298 e. The van der Waals surface area contributed by atoms with Gasteiger partial charge in [-0.25, -0.2) is 0 Å². The second-order valence-electron chi connectivity index (χ2n) is 4.96. The largest absolute Gasteiger partial charge is 0.298 e. The topological polar surface area (TPSA) is 20.3 Å². The lowest BCUT2D eigenvalue weighted by Crippen LogP contribution is -2.37. The molecule has 0 bridgehead atoms. The van der Waals surface area contributed by atoms with Gasteiger partial charge in [0, 0.05) is 13.0 Å². The van der Waals surface area contributed by atoms with Crippen molar-refractivity contribution in [2.45, 2.75) is 51.0 Å². The zero-order valence-corrected chi connectivity index (χ0v) is 9.17. The van der Waals surface area contributed by atoms with Gasteiger partial charge in [-0.3, -0.25) is 9.69 Å². The van der Waals surface area contributed by atoms with Crippen LogP contribution >= 0.6 is 0 Å². The first-order valence-electron chi connectivity index (χ1n) is 6.00. The average Bonchev–Trinajstić information content (AvgIpc) is 2.75. The number of hydrogen-bond donors (Lipinski definition) is 0. The van der Waals surface area contributed by atoms with Crippen LogP contribution in [0, 0.1) is 5.92 Å². The van der Waals surface area contributed by atoms with Crippen molar-refractivity contribution in [2.24, 2.45) is 5.92 Å². The van der Waals surface area contributed by atoms with E-state index in [0.29, 0.717) is 5.78 Å². The fourth-order valence-corrected chi connectivity index (χ4v) is 2.99. The normalized spacial score (nSPS) is 29.3. The molecule has 1 atom stereocenters. The molecule has 2 saturated carbocycles. The van der Waals surface area contributed by atoms with Crippen molar-refractivity contribution in [3.63, 3.8) is 0 Å². The van der Waals surface area contributed by atoms with E-state index in [4.69, 9.17) is 0 Å². The summed E-state index contributed by atoms with van der Waals surface area (Å²) in [4.78, 5) is 13.9. The monoisotopic (exact) mass is 195 g/mol. The molecule has 2 rings (SSSR count). The van der Waals surface area contributed by atoms with E-state index in [1.54, 1.807) is 0 Å². The third kappa shape index (κ3) is 2.17. The summed E-state index contributed by atoms with van der Waals surface area (Å²) >= 11 is 0. The summed E-state index contributed by atoms with van der Waals surface area (Å²) in [6, 6.07) is 0.260. The van der Waals surface area contributed by atoms with E-state index in [1.165, 1.54) is 25.7 Å². The van der Waals surface area contributed by atoms with Crippen molar-refractivity contribution in [3.8, 4) is 0 Å². The van der Waals surface area contributed by atoms with Crippen molar-refractivity contribution in [3.05, 3.63) is 0 Å². The SMILES string of the molecule is CN(CC1CCCC1)C1CCCC1=O. The van der Waals surface area contributed by atoms with Gasteiger partial charge < -0.3 is 0 Å². The molecule has 0 aromatic rings. The quantitative estimate of drug-likeness (QED) is 0.688. The number of rotatable bonds is 3. The first-order chi connectivity index (χ1) is 6.77. The third-order valence-corrected chi connectivity index (χ3v) is 3.83. The van der Waals surface area contributed by atoms with Crippen molar-refractivity contribution in [1.29, 1.82) is 0 Å². The number of Topliss-reactive ketones (excluding diaryl/α,β-unsaturated/α-hetero) is 1. The zero-order valence-electron chi connectivity index (χ0n) is 9.17. The third-order valence-electron chi connectivity index (χ3n) is 3.83. The van der Waals surface area contributed by atoms with E-state index in [9.17, 15) is 4.79 Å². The molecule has 0 spiro atoms. The Labute approximate surface area is 86.7 Å². The fourth-order valence-electron chi connectivity index (χ4n) is 2.99. The second-order valence-corrected chi connectivity index (χ2v) is 4.96. The Morgan fingerprint density at radius 2 is 1.93 bits per heavy atom. The van der Waals surface area contributed by atoms with E-state index in [-0.39, 0.29) is 6.04 Å². The van der Waals surface area contributed by atoms with Crippen LogP contribution in [-0.4, -0.2) is 30.3 Å². The zero-order chi connectivity index (χ0) is 9.97. The minimum atomic E-state index is 0.260. The predicted octanol–water partition coefficient (Wildman–Crippen LogP) is 2.23. The van der Waals surface area contributed by atoms with Crippen molar-refractivity contribution >= 4 is 5.78 Å². The van der Waals surface area contributed by atoms with E-state index in [0.717, 1.165) is 31.7 Å². The summed E-state index contributed by atoms with van der Waals surface area (Å²) in [5, 5.41) is 0. The first-order valence-corrected chi connectivity index (χ1v) is 6.00. The van der Waals surface area contributed by atoms with Crippen LogP contribution in [-0.2, 0) is 4.79 Å². The Morgan fingerprint density at radius 1 is 1.21 bits per heavy atom. The maximum absolute atomic E-state index is 11.5. The standard InChI is InChI=1S/C12H21NO/c1-13(9-10-5-2-3-6-10)11-7-4-8-12(11)14/h10-11H,2-9H2,1H3. The molecule has 0 saturated heterocycles. The van der Waals surface area contributed by atoms with Crippen LogP contribution in [0.2, 0.25) is 0 Å². The minimum absolute atomic E-state index is 0.260. The maximum atomic E-state index is 11.5. The molecule has 2 aliphatic rings. The first kappa shape index (κ1) is 10.2. The van der Waals surface area contributed by atoms with E-state index in [1.807, 2.05) is 0 Å². The molecule has 2 fully saturated rings. The summed E-state index contributed by atoms with van der Waals surface area (Å²) in [5.41, 5.74) is 0. The molecule has 0 aromatic carbocycles. The molecule has 14 heavy (non-hydrogen) atoms. The van der Waals surface area contributed by atoms with Crippen LogP contribution in [0.4, 0.5) is 0 Å². The molecule has 80 valence electrons. The number of hydrogen-bond acceptors (Lipinski definition) is 2. The van der Waals surface area contributed by atoms with Gasteiger partial charge in [0.2, 0.25) is 0 Å². The molecule has 2 aliphatic carbocycles. The van der Waals surface area contributed by atoms with Gasteiger partial charge in [-0.05, 0) is 38.6 Å². The Bertz CT molecular complexity index is 208. The highest BCUT2D eigenvalue weighted by molar-refractivity contribution is 5.85. The van der Waals surface area contributed by atoms with E-state index < -0.39 is 0 Å². The van der Waals surface area contributed by atoms with Gasteiger partial charge in [-0.1, -0.05) is 12.8 Å². The maximum Gasteiger partial charge on any atom is 0.149 e. The number of ketones is 1. The smallest absolute Gasteiger partial charge is 0.149 e. The molecular weight excluding hydrogens is 174 g/mol. The summed E-state index contributed by atoms with van der Waals surface area (Å²) < 4.78 is 0. The molecule has 1 unspecified atom stereocenters. The number of carbonyl (C=O) groups is 1. The summed E-state index contributed by atoms with van der Waals surface area (Å²) in [7, 11) is 2.13. The summed E-state index contributed by atoms with van der Waals surface area (Å²) in [5.74, 6) is 1.35. The highest BCUT2D eigenvalue weighted by atomic mass is 16.1. The Kier molecular flexibility index (Phi) is 3.22. The summed E-state index contributed by atoms with van der Waals surface area (Å²) in [6.45, 7) is 1.15. The van der Waals surface area contributed by atoms with Gasteiger partial charge in [0.05, 0.1) is 6.04 Å². The van der Waals surface area contributed by atoms with Crippen LogP contribution in [0.1, 0.15) is 44.9 Å². The van der Waals surface area contributed by atoms with Gasteiger partial charge in [0.25, 0.3) is 0 Å². The lowest BCUT2D eigenvalue weighted by atomic mass is 10.1. The average molecular weight is 195 g/mol. The molecule has 2 heteroatoms. The van der Waals surface area contributed by atoms with E-state index >= 15 is 0 Å². The number of nitrogens with zero attached hydrogens (tertiary/aromatic N) is 1. The molecule has 0 aromatic heterocycles. The molecule has 0 amide bonds. The van der Waals surface area contributed by atoms with Gasteiger partial charge in [0.1, 0.15) is 5.78 Å². The second kappa shape index (κ2) is 4.43. The molecule has 0 N–H and O–H groups in total. The Hall–Kier alpha value is -0.370. The van der Waals surface area contributed by atoms with E-state index in [2.05, 4.69) is 11.9 Å². The van der Waals surface area contributed by atoms with Gasteiger partial charge in [-0.2, -0.15) is 0 Å².